The van der Waals surface area contributed by atoms with Gasteiger partial charge in [0, 0.05) is 40.8 Å². The molecule has 3 heterocycles. The maximum Gasteiger partial charge on any atom is 0.407 e. The number of nitrogens with one attached hydrogen (secondary N) is 3. The van der Waals surface area contributed by atoms with Crippen LogP contribution in [0.1, 0.15) is 49.9 Å². The van der Waals surface area contributed by atoms with E-state index in [1.807, 2.05) is 11.7 Å². The van der Waals surface area contributed by atoms with Crippen molar-refractivity contribution in [1.29, 1.82) is 0 Å². The van der Waals surface area contributed by atoms with Crippen LogP contribution in [-0.4, -0.2) is 47.2 Å². The number of amides is 2. The Labute approximate surface area is 194 Å². The van der Waals surface area contributed by atoms with Crippen LogP contribution in [0, 0.1) is 0 Å². The second-order valence-corrected chi connectivity index (χ2v) is 10.1. The Morgan fingerprint density at radius 3 is 2.44 bits per heavy atom. The molecule has 8 nitrogen and oxygen atoms in total. The molecule has 32 heavy (non-hydrogen) atoms. The van der Waals surface area contributed by atoms with Crippen molar-refractivity contribution in [2.75, 3.05) is 12.4 Å². The second-order valence-electron chi connectivity index (χ2n) is 8.20. The van der Waals surface area contributed by atoms with Crippen LogP contribution in [0.5, 0.6) is 0 Å². The van der Waals surface area contributed by atoms with Crippen molar-refractivity contribution < 1.29 is 14.3 Å². The lowest BCUT2D eigenvalue weighted by molar-refractivity contribution is 0.0923. The highest BCUT2D eigenvalue weighted by molar-refractivity contribution is 7.25. The molecule has 4 rings (SSSR count). The zero-order valence-corrected chi connectivity index (χ0v) is 19.9. The number of methoxy groups -OCH3 is 1. The second kappa shape index (κ2) is 9.83. The van der Waals surface area contributed by atoms with Gasteiger partial charge in [0.05, 0.1) is 28.7 Å². The van der Waals surface area contributed by atoms with E-state index in [4.69, 9.17) is 0 Å². The van der Waals surface area contributed by atoms with E-state index in [0.717, 1.165) is 51.3 Å². The van der Waals surface area contributed by atoms with Crippen molar-refractivity contribution in [2.24, 2.45) is 0 Å². The topological polar surface area (TPSA) is 105 Å². The first-order valence-electron chi connectivity index (χ1n) is 10.7. The fourth-order valence-electron chi connectivity index (χ4n) is 3.94. The summed E-state index contributed by atoms with van der Waals surface area (Å²) in [6.07, 6.45) is 6.32. The average molecular weight is 474 g/mol. The van der Waals surface area contributed by atoms with Crippen LogP contribution in [0.4, 0.5) is 10.5 Å². The molecule has 0 saturated heterocycles. The van der Waals surface area contributed by atoms with Crippen molar-refractivity contribution in [1.82, 2.24) is 20.6 Å². The van der Waals surface area contributed by atoms with Crippen LogP contribution in [0.3, 0.4) is 0 Å². The first-order chi connectivity index (χ1) is 15.4. The number of carbonyl (C=O) groups excluding carboxylic acids is 2. The van der Waals surface area contributed by atoms with Gasteiger partial charge in [0.25, 0.3) is 5.91 Å². The third-order valence-corrected chi connectivity index (χ3v) is 7.50. The van der Waals surface area contributed by atoms with Gasteiger partial charge in [-0.3, -0.25) is 9.78 Å². The zero-order chi connectivity index (χ0) is 22.7. The minimum atomic E-state index is -0.408. The number of thiazole rings is 1. The summed E-state index contributed by atoms with van der Waals surface area (Å²) in [5, 5.41) is 10.4. The third-order valence-electron chi connectivity index (χ3n) is 5.48. The maximum absolute atomic E-state index is 13.2. The number of aromatic nitrogens is 2. The van der Waals surface area contributed by atoms with Gasteiger partial charge in [-0.1, -0.05) is 0 Å². The molecule has 1 fully saturated rings. The molecule has 0 aromatic carbocycles. The van der Waals surface area contributed by atoms with E-state index in [0.29, 0.717) is 5.56 Å². The van der Waals surface area contributed by atoms with Gasteiger partial charge in [-0.25, -0.2) is 9.78 Å². The average Bonchev–Trinajstić information content (AvgIpc) is 3.44. The van der Waals surface area contributed by atoms with Gasteiger partial charge < -0.3 is 20.7 Å². The first-order valence-corrected chi connectivity index (χ1v) is 12.4. The molecule has 0 radical (unpaired) electrons. The van der Waals surface area contributed by atoms with Crippen LogP contribution in [0.2, 0.25) is 0 Å². The fourth-order valence-corrected chi connectivity index (χ4v) is 5.65. The van der Waals surface area contributed by atoms with E-state index < -0.39 is 6.09 Å². The van der Waals surface area contributed by atoms with Gasteiger partial charge >= 0.3 is 6.09 Å². The number of alkyl carbamates (subject to hydrolysis) is 1. The third kappa shape index (κ3) is 5.02. The smallest absolute Gasteiger partial charge is 0.407 e. The Hall–Kier alpha value is -2.72. The highest BCUT2D eigenvalue weighted by Gasteiger charge is 2.26. The van der Waals surface area contributed by atoms with E-state index in [1.165, 1.54) is 7.11 Å². The number of fused-ring (bicyclic) bond motifs is 1. The molecular weight excluding hydrogens is 446 g/mol. The molecule has 0 aliphatic heterocycles. The maximum atomic E-state index is 13.2. The summed E-state index contributed by atoms with van der Waals surface area (Å²) in [5.74, 6) is -0.127. The van der Waals surface area contributed by atoms with Gasteiger partial charge in [-0.05, 0) is 45.6 Å². The van der Waals surface area contributed by atoms with Crippen LogP contribution in [-0.2, 0) is 4.74 Å². The molecule has 2 amide bonds. The quantitative estimate of drug-likeness (QED) is 0.482. The number of pyridine rings is 1. The molecule has 3 aromatic heterocycles. The van der Waals surface area contributed by atoms with Crippen molar-refractivity contribution in [3.63, 3.8) is 0 Å². The normalized spacial score (nSPS) is 18.5. The zero-order valence-electron chi connectivity index (χ0n) is 18.3. The standard InChI is InChI=1S/C22H27N5O3S2/c1-12(2)25-19-15-8-17(18-10-23-11-31-18)32-21(15)24-9-16(19)20(28)26-13-4-6-14(7-5-13)27-22(29)30-3/h8-14H,4-7H2,1-3H3,(H,24,25)(H,26,28)(H,27,29). The molecular formula is C22H27N5O3S2. The van der Waals surface area contributed by atoms with Crippen molar-refractivity contribution in [2.45, 2.75) is 57.7 Å². The Morgan fingerprint density at radius 2 is 1.81 bits per heavy atom. The molecule has 0 spiro atoms. The Bertz CT molecular complexity index is 1090. The van der Waals surface area contributed by atoms with Crippen LogP contribution >= 0.6 is 22.7 Å². The van der Waals surface area contributed by atoms with E-state index >= 15 is 0 Å². The SMILES string of the molecule is COC(=O)NC1CCC(NC(=O)c2cnc3sc(-c4cncs4)cc3c2NC(C)C)CC1. The van der Waals surface area contributed by atoms with E-state index in [2.05, 4.69) is 50.6 Å². The van der Waals surface area contributed by atoms with Gasteiger partial charge in [-0.15, -0.1) is 22.7 Å². The number of nitrogens with zero attached hydrogens (tertiary/aromatic N) is 2. The summed E-state index contributed by atoms with van der Waals surface area (Å²) in [6, 6.07) is 2.41. The lowest BCUT2D eigenvalue weighted by Gasteiger charge is -2.29. The highest BCUT2D eigenvalue weighted by Crippen LogP contribution is 2.39. The Balaban J connectivity index is 1.52. The van der Waals surface area contributed by atoms with Crippen LogP contribution < -0.4 is 16.0 Å². The monoisotopic (exact) mass is 473 g/mol. The molecule has 1 saturated carbocycles. The van der Waals surface area contributed by atoms with Crippen molar-refractivity contribution >= 4 is 50.6 Å². The molecule has 0 atom stereocenters. The summed E-state index contributed by atoms with van der Waals surface area (Å²) >= 11 is 3.19. The molecule has 170 valence electrons. The van der Waals surface area contributed by atoms with E-state index in [-0.39, 0.29) is 24.0 Å². The van der Waals surface area contributed by atoms with E-state index in [9.17, 15) is 9.59 Å². The van der Waals surface area contributed by atoms with Crippen molar-refractivity contribution in [3.05, 3.63) is 29.5 Å². The Morgan fingerprint density at radius 1 is 1.09 bits per heavy atom. The fraction of sp³-hybridized carbons (Fsp3) is 0.455. The summed E-state index contributed by atoms with van der Waals surface area (Å²) in [4.78, 5) is 36.5. The summed E-state index contributed by atoms with van der Waals surface area (Å²) in [6.45, 7) is 4.11. The number of anilines is 1. The van der Waals surface area contributed by atoms with E-state index in [1.54, 1.807) is 28.9 Å². The number of hydrogen-bond donors (Lipinski definition) is 3. The predicted octanol–water partition coefficient (Wildman–Crippen LogP) is 4.64. The largest absolute Gasteiger partial charge is 0.453 e. The number of ether oxygens (including phenoxy) is 1. The summed E-state index contributed by atoms with van der Waals surface area (Å²) in [5.41, 5.74) is 3.18. The molecule has 1 aliphatic rings. The molecule has 3 N–H and O–H groups in total. The first kappa shape index (κ1) is 22.5. The van der Waals surface area contributed by atoms with Crippen molar-refractivity contribution in [3.8, 4) is 9.75 Å². The number of carbonyl (C=O) groups is 2. The summed E-state index contributed by atoms with van der Waals surface area (Å²) < 4.78 is 4.67. The lowest BCUT2D eigenvalue weighted by Crippen LogP contribution is -2.43. The molecule has 1 aliphatic carbocycles. The summed E-state index contributed by atoms with van der Waals surface area (Å²) in [7, 11) is 1.36. The van der Waals surface area contributed by atoms with Gasteiger partial charge in [-0.2, -0.15) is 0 Å². The Kier molecular flexibility index (Phi) is 6.90. The van der Waals surface area contributed by atoms with Gasteiger partial charge in [0.1, 0.15) is 4.83 Å². The highest BCUT2D eigenvalue weighted by atomic mass is 32.1. The van der Waals surface area contributed by atoms with Gasteiger partial charge in [0.15, 0.2) is 0 Å². The lowest BCUT2D eigenvalue weighted by atomic mass is 9.91. The molecule has 3 aromatic rings. The van der Waals surface area contributed by atoms with Crippen LogP contribution in [0.25, 0.3) is 20.0 Å². The number of rotatable bonds is 6. The molecule has 10 heteroatoms. The number of hydrogen-bond acceptors (Lipinski definition) is 8. The van der Waals surface area contributed by atoms with Gasteiger partial charge in [0.2, 0.25) is 0 Å². The number of thiophene rings is 1. The minimum absolute atomic E-state index is 0.0658. The van der Waals surface area contributed by atoms with Crippen LogP contribution in [0.15, 0.2) is 24.0 Å². The predicted molar refractivity (Wildman–Crippen MR) is 129 cm³/mol. The molecule has 0 bridgehead atoms. The minimum Gasteiger partial charge on any atom is -0.453 e. The molecule has 0 unspecified atom stereocenters.